The second kappa shape index (κ2) is 7.89. The molecule has 114 valence electrons. The molecule has 3 rings (SSSR count). The first-order valence-corrected chi connectivity index (χ1v) is 7.48. The summed E-state index contributed by atoms with van der Waals surface area (Å²) in [6, 6.07) is 20.1. The van der Waals surface area contributed by atoms with Gasteiger partial charge in [-0.05, 0) is 23.7 Å². The topological polar surface area (TPSA) is 50.4 Å². The summed E-state index contributed by atoms with van der Waals surface area (Å²) in [6.07, 6.45) is 0. The van der Waals surface area contributed by atoms with E-state index in [0.29, 0.717) is 11.3 Å². The molecule has 1 aromatic heterocycles. The number of aromatic nitrogens is 2. The summed E-state index contributed by atoms with van der Waals surface area (Å²) in [5, 5.41) is 8.91. The largest absolute Gasteiger partial charge is 0.394 e. The van der Waals surface area contributed by atoms with Crippen molar-refractivity contribution in [3.8, 4) is 17.1 Å². The lowest BCUT2D eigenvalue weighted by molar-refractivity contribution is 0.305. The highest BCUT2D eigenvalue weighted by Gasteiger charge is 2.10. The summed E-state index contributed by atoms with van der Waals surface area (Å²) >= 11 is 1.48. The van der Waals surface area contributed by atoms with Gasteiger partial charge in [0, 0.05) is 5.56 Å². The Labute approximate surface area is 139 Å². The lowest BCUT2D eigenvalue weighted by atomic mass is 10.2. The summed E-state index contributed by atoms with van der Waals surface area (Å²) < 4.78 is 2.06. The number of para-hydroxylation sites is 1. The van der Waals surface area contributed by atoms with Gasteiger partial charge in [0.1, 0.15) is 0 Å². The minimum atomic E-state index is 0. The van der Waals surface area contributed by atoms with Gasteiger partial charge in [-0.2, -0.15) is 4.98 Å². The van der Waals surface area contributed by atoms with E-state index < -0.39 is 0 Å². The number of aliphatic hydroxyl groups is 1. The molecule has 0 radical (unpaired) electrons. The molecule has 6 heteroatoms. The van der Waals surface area contributed by atoms with Crippen molar-refractivity contribution in [2.24, 2.45) is 4.99 Å². The molecule has 0 aliphatic heterocycles. The molecule has 2 aromatic carbocycles. The van der Waals surface area contributed by atoms with Crippen LogP contribution in [0.25, 0.3) is 17.1 Å². The summed E-state index contributed by atoms with van der Waals surface area (Å²) in [5.41, 5.74) is 2.10. The summed E-state index contributed by atoms with van der Waals surface area (Å²) in [4.78, 5) is 9.56. The standard InChI is InChI=1S/C16H15N3OS.ClH/c20-12-11-17-16-18-15(13-7-3-1-4-8-13)19(21-16)14-9-5-2-6-10-14;/h1-10,20H,11-12H2;1H/b17-16-;. The van der Waals surface area contributed by atoms with E-state index in [4.69, 9.17) is 5.11 Å². The first-order valence-electron chi connectivity index (χ1n) is 6.71. The first kappa shape index (κ1) is 16.4. The monoisotopic (exact) mass is 333 g/mol. The lowest BCUT2D eigenvalue weighted by Crippen LogP contribution is -2.01. The molecule has 0 bridgehead atoms. The van der Waals surface area contributed by atoms with Gasteiger partial charge in [-0.3, -0.25) is 4.99 Å². The highest BCUT2D eigenvalue weighted by atomic mass is 35.5. The van der Waals surface area contributed by atoms with E-state index in [0.717, 1.165) is 17.1 Å². The van der Waals surface area contributed by atoms with Crippen LogP contribution in [0.15, 0.2) is 65.7 Å². The van der Waals surface area contributed by atoms with Crippen LogP contribution in [-0.2, 0) is 0 Å². The molecule has 0 unspecified atom stereocenters. The normalized spacial score (nSPS) is 11.2. The van der Waals surface area contributed by atoms with Crippen LogP contribution in [0, 0.1) is 0 Å². The van der Waals surface area contributed by atoms with E-state index in [9.17, 15) is 0 Å². The Balaban J connectivity index is 0.00000176. The van der Waals surface area contributed by atoms with Crippen LogP contribution in [0.4, 0.5) is 0 Å². The second-order valence-corrected chi connectivity index (χ2v) is 5.32. The van der Waals surface area contributed by atoms with E-state index in [1.807, 2.05) is 60.7 Å². The van der Waals surface area contributed by atoms with Crippen LogP contribution in [0.2, 0.25) is 0 Å². The molecule has 0 spiro atoms. The van der Waals surface area contributed by atoms with Crippen molar-refractivity contribution in [3.05, 3.63) is 65.5 Å². The average Bonchev–Trinajstić information content (AvgIpc) is 2.99. The van der Waals surface area contributed by atoms with Crippen LogP contribution in [0.3, 0.4) is 0 Å². The number of hydrogen-bond acceptors (Lipinski definition) is 4. The van der Waals surface area contributed by atoms with Crippen LogP contribution in [-0.4, -0.2) is 27.2 Å². The number of nitrogens with zero attached hydrogens (tertiary/aromatic N) is 3. The highest BCUT2D eigenvalue weighted by molar-refractivity contribution is 7.04. The van der Waals surface area contributed by atoms with Gasteiger partial charge in [0.2, 0.25) is 4.80 Å². The minimum absolute atomic E-state index is 0. The maximum absolute atomic E-state index is 8.91. The van der Waals surface area contributed by atoms with Gasteiger partial charge in [0.25, 0.3) is 0 Å². The maximum Gasteiger partial charge on any atom is 0.223 e. The van der Waals surface area contributed by atoms with Crippen LogP contribution in [0.1, 0.15) is 0 Å². The molecule has 0 aliphatic rings. The molecular weight excluding hydrogens is 318 g/mol. The molecule has 0 amide bonds. The zero-order chi connectivity index (χ0) is 14.5. The van der Waals surface area contributed by atoms with Gasteiger partial charge < -0.3 is 5.11 Å². The number of benzene rings is 2. The molecule has 1 N–H and O–H groups in total. The van der Waals surface area contributed by atoms with Crippen molar-refractivity contribution >= 4 is 23.9 Å². The van der Waals surface area contributed by atoms with Gasteiger partial charge in [-0.25, -0.2) is 3.96 Å². The van der Waals surface area contributed by atoms with Crippen molar-refractivity contribution in [1.29, 1.82) is 0 Å². The van der Waals surface area contributed by atoms with E-state index in [1.54, 1.807) is 0 Å². The summed E-state index contributed by atoms with van der Waals surface area (Å²) in [6.45, 7) is 0.405. The van der Waals surface area contributed by atoms with Crippen molar-refractivity contribution in [3.63, 3.8) is 0 Å². The van der Waals surface area contributed by atoms with Crippen molar-refractivity contribution in [2.45, 2.75) is 0 Å². The zero-order valence-corrected chi connectivity index (χ0v) is 13.4. The van der Waals surface area contributed by atoms with Gasteiger partial charge in [0.05, 0.1) is 18.8 Å². The quantitative estimate of drug-likeness (QED) is 0.798. The van der Waals surface area contributed by atoms with Gasteiger partial charge in [-0.15, -0.1) is 12.4 Å². The minimum Gasteiger partial charge on any atom is -0.394 e. The predicted molar refractivity (Wildman–Crippen MR) is 91.6 cm³/mol. The SMILES string of the molecule is Cl.OCC/N=c1/nc(-c2ccccc2)n(-c2ccccc2)s1. The van der Waals surface area contributed by atoms with E-state index >= 15 is 0 Å². The third-order valence-electron chi connectivity index (χ3n) is 2.94. The average molecular weight is 334 g/mol. The van der Waals surface area contributed by atoms with E-state index in [1.165, 1.54) is 11.5 Å². The smallest absolute Gasteiger partial charge is 0.223 e. The fraction of sp³-hybridized carbons (Fsp3) is 0.125. The molecule has 22 heavy (non-hydrogen) atoms. The molecule has 0 saturated heterocycles. The molecule has 0 saturated carbocycles. The first-order chi connectivity index (χ1) is 10.4. The summed E-state index contributed by atoms with van der Waals surface area (Å²) in [7, 11) is 0. The Bertz CT molecular complexity index is 709. The van der Waals surface area contributed by atoms with Crippen LogP contribution >= 0.6 is 23.9 Å². The van der Waals surface area contributed by atoms with E-state index in [-0.39, 0.29) is 19.0 Å². The Morgan fingerprint density at radius 2 is 1.64 bits per heavy atom. The second-order valence-electron chi connectivity index (χ2n) is 4.41. The predicted octanol–water partition coefficient (Wildman–Crippen LogP) is 2.92. The van der Waals surface area contributed by atoms with Crippen molar-refractivity contribution in [1.82, 2.24) is 8.94 Å². The summed E-state index contributed by atoms with van der Waals surface area (Å²) in [5.74, 6) is 0.864. The lowest BCUT2D eigenvalue weighted by Gasteiger charge is -2.05. The zero-order valence-electron chi connectivity index (χ0n) is 11.8. The Morgan fingerprint density at radius 1 is 1.00 bits per heavy atom. The van der Waals surface area contributed by atoms with Gasteiger partial charge >= 0.3 is 0 Å². The molecular formula is C16H16ClN3OS. The molecule has 3 aromatic rings. The highest BCUT2D eigenvalue weighted by Crippen LogP contribution is 2.21. The van der Waals surface area contributed by atoms with E-state index in [2.05, 4.69) is 13.9 Å². The number of hydrogen-bond donors (Lipinski definition) is 1. The fourth-order valence-electron chi connectivity index (χ4n) is 2.00. The maximum atomic E-state index is 8.91. The number of rotatable bonds is 4. The molecule has 0 fully saturated rings. The molecule has 1 heterocycles. The van der Waals surface area contributed by atoms with Gasteiger partial charge in [-0.1, -0.05) is 48.5 Å². The Kier molecular flexibility index (Phi) is 5.89. The Hall–Kier alpha value is -1.95. The third-order valence-corrected chi connectivity index (χ3v) is 3.89. The Morgan fingerprint density at radius 3 is 2.27 bits per heavy atom. The third kappa shape index (κ3) is 3.62. The van der Waals surface area contributed by atoms with Crippen LogP contribution in [0.5, 0.6) is 0 Å². The molecule has 0 aliphatic carbocycles. The molecule has 4 nitrogen and oxygen atoms in total. The van der Waals surface area contributed by atoms with Gasteiger partial charge in [0.15, 0.2) is 5.82 Å². The number of halogens is 1. The van der Waals surface area contributed by atoms with Crippen molar-refractivity contribution < 1.29 is 5.11 Å². The fourth-order valence-corrected chi connectivity index (χ4v) is 2.90. The molecule has 0 atom stereocenters. The van der Waals surface area contributed by atoms with Crippen LogP contribution < -0.4 is 4.80 Å². The number of aliphatic hydroxyl groups excluding tert-OH is 1. The van der Waals surface area contributed by atoms with Crippen molar-refractivity contribution in [2.75, 3.05) is 13.2 Å².